The first-order valence-corrected chi connectivity index (χ1v) is 9.35. The minimum Gasteiger partial charge on any atom is -0.497 e. The van der Waals surface area contributed by atoms with Gasteiger partial charge in [0.25, 0.3) is 5.91 Å². The number of methoxy groups -OCH3 is 1. The summed E-state index contributed by atoms with van der Waals surface area (Å²) in [6.07, 6.45) is -2.81. The molecule has 1 amide bonds. The normalized spacial score (nSPS) is 17.5. The van der Waals surface area contributed by atoms with E-state index in [1.807, 2.05) is 0 Å². The summed E-state index contributed by atoms with van der Waals surface area (Å²) in [6, 6.07) is 11.0. The van der Waals surface area contributed by atoms with Gasteiger partial charge >= 0.3 is 6.18 Å². The molecule has 0 spiro atoms. The highest BCUT2D eigenvalue weighted by Gasteiger charge is 2.33. The summed E-state index contributed by atoms with van der Waals surface area (Å²) in [5.41, 5.74) is 1.29. The number of carbonyl (C=O) groups excluding carboxylic acids is 1. The number of pyridine rings is 1. The van der Waals surface area contributed by atoms with Crippen LogP contribution in [0.5, 0.6) is 5.75 Å². The van der Waals surface area contributed by atoms with Gasteiger partial charge in [0, 0.05) is 30.3 Å². The van der Waals surface area contributed by atoms with Crippen LogP contribution in [0.3, 0.4) is 0 Å². The van der Waals surface area contributed by atoms with Gasteiger partial charge in [-0.1, -0.05) is 6.07 Å². The summed E-state index contributed by atoms with van der Waals surface area (Å²) >= 11 is 0. The van der Waals surface area contributed by atoms with E-state index in [2.05, 4.69) is 9.97 Å². The highest BCUT2D eigenvalue weighted by molar-refractivity contribution is 5.94. The molecule has 2 aromatic heterocycles. The lowest BCUT2D eigenvalue weighted by Crippen LogP contribution is -2.39. The Morgan fingerprint density at radius 1 is 1.24 bits per heavy atom. The third-order valence-corrected chi connectivity index (χ3v) is 5.25. The van der Waals surface area contributed by atoms with Gasteiger partial charge in [0.1, 0.15) is 11.4 Å². The lowest BCUT2D eigenvalue weighted by atomic mass is 9.94. The molecule has 0 aliphatic carbocycles. The Morgan fingerprint density at radius 2 is 2.07 bits per heavy atom. The van der Waals surface area contributed by atoms with Crippen LogP contribution in [0.25, 0.3) is 11.0 Å². The Bertz CT molecular complexity index is 1050. The zero-order chi connectivity index (χ0) is 20.6. The molecule has 0 radical (unpaired) electrons. The van der Waals surface area contributed by atoms with Gasteiger partial charge in [-0.15, -0.1) is 0 Å². The quantitative estimate of drug-likeness (QED) is 0.695. The number of likely N-dealkylation sites (tertiary alicyclic amines) is 1. The molecule has 1 aliphatic rings. The first kappa shape index (κ1) is 19.3. The maximum atomic E-state index is 12.9. The van der Waals surface area contributed by atoms with E-state index in [0.29, 0.717) is 29.9 Å². The molecular formula is C21H20F3N3O2. The summed E-state index contributed by atoms with van der Waals surface area (Å²) < 4.78 is 43.9. The second-order valence-electron chi connectivity index (χ2n) is 7.17. The minimum absolute atomic E-state index is 0.0156. The molecule has 1 saturated heterocycles. The van der Waals surface area contributed by atoms with Gasteiger partial charge in [-0.2, -0.15) is 13.2 Å². The topological polar surface area (TPSA) is 58.2 Å². The number of piperidine rings is 1. The SMILES string of the molecule is COc1cccc(C(=O)N2CCCC(c3cc4nc(C(F)(F)F)ccc4[nH]3)C2)c1. The number of nitrogens with zero attached hydrogens (tertiary/aromatic N) is 2. The Hall–Kier alpha value is -3.03. The Labute approximate surface area is 165 Å². The molecule has 1 unspecified atom stereocenters. The highest BCUT2D eigenvalue weighted by atomic mass is 19.4. The van der Waals surface area contributed by atoms with Gasteiger partial charge in [-0.25, -0.2) is 4.98 Å². The Kier molecular flexibility index (Phi) is 4.94. The van der Waals surface area contributed by atoms with Crippen LogP contribution in [0, 0.1) is 0 Å². The Balaban J connectivity index is 1.55. The smallest absolute Gasteiger partial charge is 0.433 e. The molecule has 3 aromatic rings. The van der Waals surface area contributed by atoms with Crippen molar-refractivity contribution in [3.63, 3.8) is 0 Å². The van der Waals surface area contributed by atoms with Crippen molar-refractivity contribution in [2.75, 3.05) is 20.2 Å². The van der Waals surface area contributed by atoms with Crippen molar-refractivity contribution in [1.29, 1.82) is 0 Å². The van der Waals surface area contributed by atoms with Crippen LogP contribution in [-0.2, 0) is 6.18 Å². The van der Waals surface area contributed by atoms with Crippen LogP contribution in [-0.4, -0.2) is 41.0 Å². The molecule has 0 saturated carbocycles. The number of hydrogen-bond donors (Lipinski definition) is 1. The van der Waals surface area contributed by atoms with E-state index in [-0.39, 0.29) is 17.3 Å². The second kappa shape index (κ2) is 7.42. The number of nitrogens with one attached hydrogen (secondary N) is 1. The van der Waals surface area contributed by atoms with Gasteiger partial charge < -0.3 is 14.6 Å². The number of amides is 1. The number of rotatable bonds is 3. The third-order valence-electron chi connectivity index (χ3n) is 5.25. The number of aromatic amines is 1. The zero-order valence-corrected chi connectivity index (χ0v) is 15.8. The van der Waals surface area contributed by atoms with E-state index in [9.17, 15) is 18.0 Å². The number of aromatic nitrogens is 2. The van der Waals surface area contributed by atoms with Crippen molar-refractivity contribution in [1.82, 2.24) is 14.9 Å². The van der Waals surface area contributed by atoms with Crippen molar-refractivity contribution in [3.8, 4) is 5.75 Å². The number of benzene rings is 1. The van der Waals surface area contributed by atoms with E-state index in [4.69, 9.17) is 4.74 Å². The molecule has 1 atom stereocenters. The van der Waals surface area contributed by atoms with Crippen LogP contribution in [0.2, 0.25) is 0 Å². The molecule has 5 nitrogen and oxygen atoms in total. The molecule has 4 rings (SSSR count). The third kappa shape index (κ3) is 3.92. The maximum absolute atomic E-state index is 12.9. The fraction of sp³-hybridized carbons (Fsp3) is 0.333. The predicted octanol–water partition coefficient (Wildman–Crippen LogP) is 4.61. The van der Waals surface area contributed by atoms with E-state index in [0.717, 1.165) is 24.6 Å². The summed E-state index contributed by atoms with van der Waals surface area (Å²) in [6.45, 7) is 1.14. The van der Waals surface area contributed by atoms with Crippen LogP contribution in [0.4, 0.5) is 13.2 Å². The fourth-order valence-electron chi connectivity index (χ4n) is 3.76. The van der Waals surface area contributed by atoms with Gasteiger partial charge in [0.15, 0.2) is 0 Å². The summed E-state index contributed by atoms with van der Waals surface area (Å²) in [7, 11) is 1.55. The molecule has 8 heteroatoms. The number of alkyl halides is 3. The number of fused-ring (bicyclic) bond motifs is 1. The van der Waals surface area contributed by atoms with Crippen molar-refractivity contribution >= 4 is 16.9 Å². The van der Waals surface area contributed by atoms with Crippen molar-refractivity contribution in [2.24, 2.45) is 0 Å². The van der Waals surface area contributed by atoms with Gasteiger partial charge in [0.2, 0.25) is 0 Å². The molecule has 3 heterocycles. The summed E-state index contributed by atoms with van der Waals surface area (Å²) in [5, 5.41) is 0. The van der Waals surface area contributed by atoms with Gasteiger partial charge in [-0.05, 0) is 49.2 Å². The number of carbonyl (C=O) groups is 1. The molecule has 0 bridgehead atoms. The van der Waals surface area contributed by atoms with Crippen molar-refractivity contribution in [2.45, 2.75) is 24.9 Å². The lowest BCUT2D eigenvalue weighted by molar-refractivity contribution is -0.140. The van der Waals surface area contributed by atoms with Gasteiger partial charge in [0.05, 0.1) is 18.1 Å². The highest BCUT2D eigenvalue weighted by Crippen LogP contribution is 2.32. The van der Waals surface area contributed by atoms with Crippen LogP contribution < -0.4 is 4.74 Å². The predicted molar refractivity (Wildman–Crippen MR) is 102 cm³/mol. The van der Waals surface area contributed by atoms with Crippen LogP contribution >= 0.6 is 0 Å². The van der Waals surface area contributed by atoms with Crippen LogP contribution in [0.1, 0.15) is 40.5 Å². The average molecular weight is 403 g/mol. The van der Waals surface area contributed by atoms with Gasteiger partial charge in [-0.3, -0.25) is 4.79 Å². The lowest BCUT2D eigenvalue weighted by Gasteiger charge is -2.32. The number of H-pyrrole nitrogens is 1. The van der Waals surface area contributed by atoms with Crippen LogP contribution in [0.15, 0.2) is 42.5 Å². The standard InChI is InChI=1S/C21H20F3N3O2/c1-29-15-6-2-4-13(10-15)20(28)27-9-3-5-14(12-27)17-11-18-16(25-17)7-8-19(26-18)21(22,23)24/h2,4,6-8,10-11,14,25H,3,5,9,12H2,1H3. The monoisotopic (exact) mass is 403 g/mol. The first-order valence-electron chi connectivity index (χ1n) is 9.35. The Morgan fingerprint density at radius 3 is 2.83 bits per heavy atom. The van der Waals surface area contributed by atoms with Crippen molar-refractivity contribution in [3.05, 3.63) is 59.4 Å². The maximum Gasteiger partial charge on any atom is 0.433 e. The van der Waals surface area contributed by atoms with E-state index in [1.165, 1.54) is 6.07 Å². The molecular weight excluding hydrogens is 383 g/mol. The zero-order valence-electron chi connectivity index (χ0n) is 15.8. The fourth-order valence-corrected chi connectivity index (χ4v) is 3.76. The molecule has 152 valence electrons. The first-order chi connectivity index (χ1) is 13.8. The number of hydrogen-bond acceptors (Lipinski definition) is 3. The van der Waals surface area contributed by atoms with E-state index < -0.39 is 11.9 Å². The average Bonchev–Trinajstić information content (AvgIpc) is 3.16. The van der Waals surface area contributed by atoms with E-state index in [1.54, 1.807) is 42.3 Å². The summed E-state index contributed by atoms with van der Waals surface area (Å²) in [5.74, 6) is 0.551. The molecule has 1 aromatic carbocycles. The van der Waals surface area contributed by atoms with Crippen molar-refractivity contribution < 1.29 is 22.7 Å². The number of halogens is 3. The second-order valence-corrected chi connectivity index (χ2v) is 7.17. The molecule has 1 N–H and O–H groups in total. The van der Waals surface area contributed by atoms with E-state index >= 15 is 0 Å². The summed E-state index contributed by atoms with van der Waals surface area (Å²) in [4.78, 5) is 21.6. The molecule has 1 fully saturated rings. The minimum atomic E-state index is -4.48. The molecule has 29 heavy (non-hydrogen) atoms. The largest absolute Gasteiger partial charge is 0.497 e. The molecule has 1 aliphatic heterocycles. The number of ether oxygens (including phenoxy) is 1.